The van der Waals surface area contributed by atoms with Crippen molar-refractivity contribution in [2.24, 2.45) is 0 Å². The Kier molecular flexibility index (Phi) is 6.03. The SMILES string of the molecule is Cc1nc2c(C)cccn2c1/C(O)=C1\C(=O)C(=O)N(CCCN(C)C)[C@@H]1c1ccc(F)cc1. The number of nitrogens with zero attached hydrogens (tertiary/aromatic N) is 4. The Morgan fingerprint density at radius 1 is 1.15 bits per heavy atom. The Morgan fingerprint density at radius 2 is 1.85 bits per heavy atom. The molecule has 1 N–H and O–H groups in total. The molecule has 0 spiro atoms. The van der Waals surface area contributed by atoms with Gasteiger partial charge in [-0.15, -0.1) is 0 Å². The minimum atomic E-state index is -0.817. The summed E-state index contributed by atoms with van der Waals surface area (Å²) in [6.45, 7) is 4.72. The third kappa shape index (κ3) is 4.02. The summed E-state index contributed by atoms with van der Waals surface area (Å²) in [5, 5.41) is 11.4. The number of carbonyl (C=O) groups excluding carboxylic acids is 2. The molecule has 0 radical (unpaired) electrons. The van der Waals surface area contributed by atoms with E-state index >= 15 is 0 Å². The van der Waals surface area contributed by atoms with E-state index in [9.17, 15) is 19.1 Å². The first kappa shape index (κ1) is 22.7. The highest BCUT2D eigenvalue weighted by atomic mass is 19.1. The number of amides is 1. The Hall–Kier alpha value is -3.52. The molecule has 33 heavy (non-hydrogen) atoms. The van der Waals surface area contributed by atoms with Gasteiger partial charge in [-0.25, -0.2) is 9.37 Å². The van der Waals surface area contributed by atoms with Crippen LogP contribution in [0.3, 0.4) is 0 Å². The molecule has 0 unspecified atom stereocenters. The normalized spacial score (nSPS) is 18.1. The second-order valence-electron chi connectivity index (χ2n) is 8.63. The summed E-state index contributed by atoms with van der Waals surface area (Å²) in [4.78, 5) is 34.2. The number of aliphatic hydroxyl groups excluding tert-OH is 1. The lowest BCUT2D eigenvalue weighted by molar-refractivity contribution is -0.139. The van der Waals surface area contributed by atoms with E-state index in [1.807, 2.05) is 38.1 Å². The van der Waals surface area contributed by atoms with Crippen LogP contribution in [0.5, 0.6) is 0 Å². The van der Waals surface area contributed by atoms with Crippen molar-refractivity contribution in [1.82, 2.24) is 19.2 Å². The van der Waals surface area contributed by atoms with E-state index in [1.165, 1.54) is 17.0 Å². The van der Waals surface area contributed by atoms with Gasteiger partial charge in [-0.1, -0.05) is 18.2 Å². The summed E-state index contributed by atoms with van der Waals surface area (Å²) >= 11 is 0. The highest BCUT2D eigenvalue weighted by Gasteiger charge is 2.46. The van der Waals surface area contributed by atoms with Crippen molar-refractivity contribution in [3.63, 3.8) is 0 Å². The molecule has 1 atom stereocenters. The van der Waals surface area contributed by atoms with Crippen molar-refractivity contribution >= 4 is 23.1 Å². The van der Waals surface area contributed by atoms with Crippen LogP contribution in [-0.2, 0) is 9.59 Å². The van der Waals surface area contributed by atoms with Crippen molar-refractivity contribution in [3.8, 4) is 0 Å². The molecule has 0 bridgehead atoms. The molecule has 1 aliphatic heterocycles. The van der Waals surface area contributed by atoms with Crippen molar-refractivity contribution in [2.75, 3.05) is 27.2 Å². The predicted octanol–water partition coefficient (Wildman–Crippen LogP) is 3.46. The maximum atomic E-state index is 13.6. The Labute approximate surface area is 191 Å². The van der Waals surface area contributed by atoms with E-state index in [0.717, 1.165) is 12.1 Å². The number of ketones is 1. The average molecular weight is 451 g/mol. The number of pyridine rings is 1. The van der Waals surface area contributed by atoms with Gasteiger partial charge < -0.3 is 14.9 Å². The van der Waals surface area contributed by atoms with Gasteiger partial charge in [0, 0.05) is 12.7 Å². The van der Waals surface area contributed by atoms with Crippen LogP contribution in [0.1, 0.15) is 35.0 Å². The quantitative estimate of drug-likeness (QED) is 0.354. The summed E-state index contributed by atoms with van der Waals surface area (Å²) in [6, 6.07) is 8.59. The summed E-state index contributed by atoms with van der Waals surface area (Å²) in [7, 11) is 3.86. The average Bonchev–Trinajstić information content (AvgIpc) is 3.23. The van der Waals surface area contributed by atoms with Gasteiger partial charge in [-0.05, 0) is 70.2 Å². The highest BCUT2D eigenvalue weighted by molar-refractivity contribution is 6.46. The Morgan fingerprint density at radius 3 is 2.52 bits per heavy atom. The highest BCUT2D eigenvalue weighted by Crippen LogP contribution is 2.40. The fraction of sp³-hybridized carbons (Fsp3) is 0.320. The second-order valence-corrected chi connectivity index (χ2v) is 8.63. The number of fused-ring (bicyclic) bond motifs is 1. The molecule has 1 aromatic carbocycles. The van der Waals surface area contributed by atoms with E-state index in [2.05, 4.69) is 4.98 Å². The van der Waals surface area contributed by atoms with Gasteiger partial charge in [0.2, 0.25) is 0 Å². The van der Waals surface area contributed by atoms with Crippen LogP contribution in [0.2, 0.25) is 0 Å². The molecule has 3 aromatic rings. The van der Waals surface area contributed by atoms with Crippen LogP contribution in [0.4, 0.5) is 4.39 Å². The molecule has 3 heterocycles. The number of imidazole rings is 1. The lowest BCUT2D eigenvalue weighted by Crippen LogP contribution is -2.32. The zero-order chi connectivity index (χ0) is 23.9. The van der Waals surface area contributed by atoms with Crippen molar-refractivity contribution in [2.45, 2.75) is 26.3 Å². The van der Waals surface area contributed by atoms with Crippen LogP contribution in [0.25, 0.3) is 11.4 Å². The summed E-state index contributed by atoms with van der Waals surface area (Å²) in [5.41, 5.74) is 3.03. The molecule has 0 aliphatic carbocycles. The molecule has 1 amide bonds. The second kappa shape index (κ2) is 8.78. The van der Waals surface area contributed by atoms with Gasteiger partial charge in [0.05, 0.1) is 17.3 Å². The van der Waals surface area contributed by atoms with Gasteiger partial charge in [-0.3, -0.25) is 14.0 Å². The number of halogens is 1. The number of aromatic nitrogens is 2. The third-order valence-corrected chi connectivity index (χ3v) is 5.97. The van der Waals surface area contributed by atoms with E-state index in [1.54, 1.807) is 29.7 Å². The monoisotopic (exact) mass is 450 g/mol. The number of hydrogen-bond donors (Lipinski definition) is 1. The smallest absolute Gasteiger partial charge is 0.295 e. The molecule has 1 fully saturated rings. The molecular weight excluding hydrogens is 423 g/mol. The van der Waals surface area contributed by atoms with Crippen LogP contribution in [0.15, 0.2) is 48.2 Å². The first-order valence-corrected chi connectivity index (χ1v) is 10.8. The molecule has 172 valence electrons. The molecule has 8 heteroatoms. The van der Waals surface area contributed by atoms with Gasteiger partial charge in [0.25, 0.3) is 11.7 Å². The Balaban J connectivity index is 1.89. The van der Waals surface area contributed by atoms with Gasteiger partial charge in [0.1, 0.15) is 17.2 Å². The summed E-state index contributed by atoms with van der Waals surface area (Å²) in [6.07, 6.45) is 2.41. The maximum absolute atomic E-state index is 13.6. The summed E-state index contributed by atoms with van der Waals surface area (Å²) < 4.78 is 15.4. The number of carbonyl (C=O) groups is 2. The number of benzene rings is 1. The van der Waals surface area contributed by atoms with Crippen LogP contribution in [0, 0.1) is 19.7 Å². The standard InChI is InChI=1S/C25H27FN4O3/c1-15-7-5-13-29-20(16(2)27-24(15)29)22(31)19-21(17-8-10-18(26)11-9-17)30(25(33)23(19)32)14-6-12-28(3)4/h5,7-11,13,21,31H,6,12,14H2,1-4H3/b22-19+/t21-/m1/s1. The topological polar surface area (TPSA) is 78.1 Å². The molecule has 2 aromatic heterocycles. The minimum Gasteiger partial charge on any atom is -0.505 e. The Bertz CT molecular complexity index is 1260. The predicted molar refractivity (Wildman–Crippen MR) is 123 cm³/mol. The number of likely N-dealkylation sites (tertiary alicyclic amines) is 1. The molecular formula is C25H27FN4O3. The molecule has 0 saturated carbocycles. The van der Waals surface area contributed by atoms with E-state index in [4.69, 9.17) is 0 Å². The van der Waals surface area contributed by atoms with E-state index in [-0.39, 0.29) is 11.3 Å². The van der Waals surface area contributed by atoms with E-state index < -0.39 is 23.5 Å². The maximum Gasteiger partial charge on any atom is 0.295 e. The zero-order valence-electron chi connectivity index (χ0n) is 19.2. The number of aryl methyl sites for hydroxylation is 2. The van der Waals surface area contributed by atoms with Crippen LogP contribution < -0.4 is 0 Å². The van der Waals surface area contributed by atoms with Crippen molar-refractivity contribution in [3.05, 3.63) is 76.5 Å². The molecule has 7 nitrogen and oxygen atoms in total. The molecule has 4 rings (SSSR count). The zero-order valence-corrected chi connectivity index (χ0v) is 19.2. The number of Topliss-reactive ketones (excluding diaryl/α,β-unsaturated/α-hetero) is 1. The third-order valence-electron chi connectivity index (χ3n) is 5.97. The number of rotatable bonds is 6. The number of aliphatic hydroxyl groups is 1. The molecule has 1 aliphatic rings. The summed E-state index contributed by atoms with van der Waals surface area (Å²) in [5.74, 6) is -2.13. The van der Waals surface area contributed by atoms with Crippen molar-refractivity contribution in [1.29, 1.82) is 0 Å². The molecule has 1 saturated heterocycles. The van der Waals surface area contributed by atoms with Crippen LogP contribution >= 0.6 is 0 Å². The number of hydrogen-bond acceptors (Lipinski definition) is 5. The lowest BCUT2D eigenvalue weighted by atomic mass is 9.96. The van der Waals surface area contributed by atoms with Gasteiger partial charge in [0.15, 0.2) is 5.76 Å². The fourth-order valence-electron chi connectivity index (χ4n) is 4.39. The minimum absolute atomic E-state index is 0.0112. The fourth-order valence-corrected chi connectivity index (χ4v) is 4.39. The largest absolute Gasteiger partial charge is 0.505 e. The van der Waals surface area contributed by atoms with Gasteiger partial charge in [-0.2, -0.15) is 0 Å². The van der Waals surface area contributed by atoms with E-state index in [0.29, 0.717) is 35.6 Å². The van der Waals surface area contributed by atoms with Crippen molar-refractivity contribution < 1.29 is 19.1 Å². The first-order chi connectivity index (χ1) is 15.7. The lowest BCUT2D eigenvalue weighted by Gasteiger charge is -2.26. The first-order valence-electron chi connectivity index (χ1n) is 10.8. The van der Waals surface area contributed by atoms with Gasteiger partial charge >= 0.3 is 0 Å². The van der Waals surface area contributed by atoms with Crippen LogP contribution in [-0.4, -0.2) is 63.2 Å².